The van der Waals surface area contributed by atoms with E-state index in [1.807, 2.05) is 31.2 Å². The second-order valence-electron chi connectivity index (χ2n) is 5.67. The summed E-state index contributed by atoms with van der Waals surface area (Å²) in [5, 5.41) is 10.8. The lowest BCUT2D eigenvalue weighted by Crippen LogP contribution is -2.26. The molecule has 0 fully saturated rings. The minimum atomic E-state index is -0.482. The maximum atomic E-state index is 12.8. The van der Waals surface area contributed by atoms with E-state index in [1.54, 1.807) is 24.3 Å². The number of phenols is 1. The van der Waals surface area contributed by atoms with Crippen LogP contribution >= 0.6 is 0 Å². The Bertz CT molecular complexity index is 1020. The normalized spacial score (nSPS) is 10.7. The van der Waals surface area contributed by atoms with E-state index in [1.165, 1.54) is 10.6 Å². The Balaban J connectivity index is 2.28. The van der Waals surface area contributed by atoms with Crippen molar-refractivity contribution in [3.63, 3.8) is 0 Å². The van der Waals surface area contributed by atoms with Crippen molar-refractivity contribution in [1.82, 2.24) is 4.57 Å². The number of benzene rings is 2. The van der Waals surface area contributed by atoms with Gasteiger partial charge in [0.2, 0.25) is 5.78 Å². The number of pyridine rings is 1. The van der Waals surface area contributed by atoms with E-state index in [0.29, 0.717) is 6.54 Å². The molecule has 0 bridgehead atoms. The molecule has 0 radical (unpaired) electrons. The van der Waals surface area contributed by atoms with Gasteiger partial charge in [0.1, 0.15) is 5.75 Å². The van der Waals surface area contributed by atoms with Crippen molar-refractivity contribution in [2.24, 2.45) is 0 Å². The molecule has 24 heavy (non-hydrogen) atoms. The third kappa shape index (κ3) is 2.63. The number of phenolic OH excluding ortho intramolecular Hbond substituents is 1. The lowest BCUT2D eigenvalue weighted by Gasteiger charge is -2.11. The van der Waals surface area contributed by atoms with Gasteiger partial charge in [-0.3, -0.25) is 9.59 Å². The summed E-state index contributed by atoms with van der Waals surface area (Å²) in [6.45, 7) is 5.81. The number of carbonyl (C=O) groups excluding carboxylic acids is 1. The second-order valence-corrected chi connectivity index (χ2v) is 5.67. The molecule has 0 saturated heterocycles. The zero-order valence-electron chi connectivity index (χ0n) is 13.3. The molecule has 1 aromatic heterocycles. The quantitative estimate of drug-likeness (QED) is 0.592. The minimum absolute atomic E-state index is 0.0384. The summed E-state index contributed by atoms with van der Waals surface area (Å²) >= 11 is 0. The number of allylic oxidation sites excluding steroid dienone is 1. The van der Waals surface area contributed by atoms with E-state index in [2.05, 4.69) is 6.58 Å². The average molecular weight is 319 g/mol. The van der Waals surface area contributed by atoms with Crippen molar-refractivity contribution >= 4 is 16.7 Å². The Hall–Kier alpha value is -3.14. The molecule has 3 aromatic rings. The van der Waals surface area contributed by atoms with Crippen molar-refractivity contribution < 1.29 is 9.90 Å². The average Bonchev–Trinajstić information content (AvgIpc) is 2.58. The van der Waals surface area contributed by atoms with E-state index in [-0.39, 0.29) is 22.4 Å². The number of hydrogen-bond acceptors (Lipinski definition) is 3. The molecule has 0 aliphatic rings. The number of hydrogen-bond donors (Lipinski definition) is 1. The monoisotopic (exact) mass is 319 g/mol. The highest BCUT2D eigenvalue weighted by atomic mass is 16.3. The largest absolute Gasteiger partial charge is 0.507 e. The molecule has 0 saturated carbocycles. The third-order valence-corrected chi connectivity index (χ3v) is 3.96. The molecule has 0 atom stereocenters. The number of carbonyl (C=O) groups is 1. The van der Waals surface area contributed by atoms with Crippen LogP contribution in [-0.2, 0) is 6.54 Å². The Morgan fingerprint density at radius 1 is 1.17 bits per heavy atom. The first-order chi connectivity index (χ1) is 11.5. The molecule has 1 N–H and O–H groups in total. The molecule has 0 aliphatic carbocycles. The number of nitrogens with zero attached hydrogens (tertiary/aromatic N) is 1. The third-order valence-electron chi connectivity index (χ3n) is 3.96. The molecule has 3 rings (SSSR count). The first-order valence-corrected chi connectivity index (χ1v) is 7.60. The van der Waals surface area contributed by atoms with Gasteiger partial charge in [-0.2, -0.15) is 0 Å². The summed E-state index contributed by atoms with van der Waals surface area (Å²) in [5.41, 5.74) is 1.36. The minimum Gasteiger partial charge on any atom is -0.507 e. The van der Waals surface area contributed by atoms with Crippen LogP contribution in [0.25, 0.3) is 10.9 Å². The molecule has 120 valence electrons. The Morgan fingerprint density at radius 2 is 1.92 bits per heavy atom. The standard InChI is InChI=1S/C20H17NO3/c1-3-10-21-17-7-5-4-6-14(17)12-16(20(21)24)19(23)15-11-13(2)8-9-18(15)22/h3-9,11-12,22H,1,10H2,2H3. The molecule has 4 heteroatoms. The van der Waals surface area contributed by atoms with Gasteiger partial charge in [0, 0.05) is 6.54 Å². The van der Waals surface area contributed by atoms with E-state index >= 15 is 0 Å². The summed E-state index contributed by atoms with van der Waals surface area (Å²) < 4.78 is 1.52. The maximum absolute atomic E-state index is 12.8. The first-order valence-electron chi connectivity index (χ1n) is 7.60. The highest BCUT2D eigenvalue weighted by Crippen LogP contribution is 2.22. The van der Waals surface area contributed by atoms with Crippen LogP contribution in [0.5, 0.6) is 5.75 Å². The van der Waals surface area contributed by atoms with Gasteiger partial charge in [-0.25, -0.2) is 0 Å². The summed E-state index contributed by atoms with van der Waals surface area (Å²) in [6, 6.07) is 13.7. The lowest BCUT2D eigenvalue weighted by molar-refractivity contribution is 0.103. The van der Waals surface area contributed by atoms with Gasteiger partial charge in [-0.05, 0) is 36.6 Å². The number of aryl methyl sites for hydroxylation is 1. The fourth-order valence-corrected chi connectivity index (χ4v) is 2.78. The van der Waals surface area contributed by atoms with Crippen LogP contribution < -0.4 is 5.56 Å². The molecule has 4 nitrogen and oxygen atoms in total. The number of fused-ring (bicyclic) bond motifs is 1. The smallest absolute Gasteiger partial charge is 0.262 e. The summed E-state index contributed by atoms with van der Waals surface area (Å²) in [6.07, 6.45) is 1.62. The number of rotatable bonds is 4. The number of para-hydroxylation sites is 1. The maximum Gasteiger partial charge on any atom is 0.262 e. The number of aromatic hydroxyl groups is 1. The van der Waals surface area contributed by atoms with Crippen LogP contribution in [0.2, 0.25) is 0 Å². The Morgan fingerprint density at radius 3 is 2.67 bits per heavy atom. The second kappa shape index (κ2) is 6.16. The van der Waals surface area contributed by atoms with E-state index in [0.717, 1.165) is 16.5 Å². The van der Waals surface area contributed by atoms with E-state index in [4.69, 9.17) is 0 Å². The molecule has 2 aromatic carbocycles. The van der Waals surface area contributed by atoms with Gasteiger partial charge >= 0.3 is 0 Å². The highest BCUT2D eigenvalue weighted by molar-refractivity contribution is 6.11. The van der Waals surface area contributed by atoms with Gasteiger partial charge in [-0.1, -0.05) is 35.9 Å². The van der Waals surface area contributed by atoms with Crippen LogP contribution in [0.4, 0.5) is 0 Å². The van der Waals surface area contributed by atoms with E-state index in [9.17, 15) is 14.7 Å². The molecule has 0 aliphatic heterocycles. The van der Waals surface area contributed by atoms with Crippen LogP contribution in [0.3, 0.4) is 0 Å². The number of ketones is 1. The van der Waals surface area contributed by atoms with Crippen molar-refractivity contribution in [3.8, 4) is 5.75 Å². The predicted molar refractivity (Wildman–Crippen MR) is 94.7 cm³/mol. The van der Waals surface area contributed by atoms with Crippen molar-refractivity contribution in [3.05, 3.63) is 88.2 Å². The van der Waals surface area contributed by atoms with Crippen LogP contribution in [0.15, 0.2) is 66.0 Å². The SMILES string of the molecule is C=CCn1c(=O)c(C(=O)c2cc(C)ccc2O)cc2ccccc21. The first kappa shape index (κ1) is 15.7. The van der Waals surface area contributed by atoms with Crippen LogP contribution in [-0.4, -0.2) is 15.5 Å². The van der Waals surface area contributed by atoms with Gasteiger partial charge in [0.15, 0.2) is 0 Å². The van der Waals surface area contributed by atoms with Crippen molar-refractivity contribution in [1.29, 1.82) is 0 Å². The zero-order chi connectivity index (χ0) is 17.3. The molecule has 0 amide bonds. The van der Waals surface area contributed by atoms with Gasteiger partial charge in [0.25, 0.3) is 5.56 Å². The molecular weight excluding hydrogens is 302 g/mol. The summed E-state index contributed by atoms with van der Waals surface area (Å²) in [5.74, 6) is -0.613. The van der Waals surface area contributed by atoms with Gasteiger partial charge in [0.05, 0.1) is 16.6 Å². The van der Waals surface area contributed by atoms with Crippen molar-refractivity contribution in [2.75, 3.05) is 0 Å². The van der Waals surface area contributed by atoms with Crippen molar-refractivity contribution in [2.45, 2.75) is 13.5 Å². The van der Waals surface area contributed by atoms with Crippen LogP contribution in [0.1, 0.15) is 21.5 Å². The topological polar surface area (TPSA) is 59.3 Å². The predicted octanol–water partition coefficient (Wildman–Crippen LogP) is 3.43. The fourth-order valence-electron chi connectivity index (χ4n) is 2.78. The zero-order valence-corrected chi connectivity index (χ0v) is 13.3. The van der Waals surface area contributed by atoms with E-state index < -0.39 is 5.78 Å². The van der Waals surface area contributed by atoms with Crippen LogP contribution in [0, 0.1) is 6.92 Å². The van der Waals surface area contributed by atoms with Gasteiger partial charge in [-0.15, -0.1) is 6.58 Å². The van der Waals surface area contributed by atoms with Gasteiger partial charge < -0.3 is 9.67 Å². The fraction of sp³-hybridized carbons (Fsp3) is 0.100. The Kier molecular flexibility index (Phi) is 4.04. The lowest BCUT2D eigenvalue weighted by atomic mass is 10.00. The highest BCUT2D eigenvalue weighted by Gasteiger charge is 2.19. The molecule has 1 heterocycles. The number of aromatic nitrogens is 1. The molecular formula is C20H17NO3. The summed E-state index contributed by atoms with van der Waals surface area (Å²) in [7, 11) is 0. The Labute approximate surface area is 139 Å². The summed E-state index contributed by atoms with van der Waals surface area (Å²) in [4.78, 5) is 25.6. The molecule has 0 spiro atoms. The molecule has 0 unspecified atom stereocenters.